The number of amides is 1. The van der Waals surface area contributed by atoms with E-state index in [4.69, 9.17) is 0 Å². The fourth-order valence-corrected chi connectivity index (χ4v) is 2.44. The normalized spacial score (nSPS) is 37.5. The van der Waals surface area contributed by atoms with Gasteiger partial charge in [0.05, 0.1) is 0 Å². The molecule has 0 radical (unpaired) electrons. The molecule has 2 heteroatoms. The molecule has 0 aliphatic carbocycles. The molecule has 2 nitrogen and oxygen atoms in total. The molecule has 0 aromatic rings. The van der Waals surface area contributed by atoms with Crippen molar-refractivity contribution in [2.24, 2.45) is 0 Å². The highest BCUT2D eigenvalue weighted by Crippen LogP contribution is 2.31. The van der Waals surface area contributed by atoms with Gasteiger partial charge in [-0.1, -0.05) is 0 Å². The van der Waals surface area contributed by atoms with Crippen LogP contribution in [-0.2, 0) is 4.79 Å². The van der Waals surface area contributed by atoms with Crippen molar-refractivity contribution in [1.82, 2.24) is 4.90 Å². The molecule has 11 heavy (non-hydrogen) atoms. The lowest BCUT2D eigenvalue weighted by atomic mass is 9.98. The topological polar surface area (TPSA) is 20.3 Å². The molecule has 0 bridgehead atoms. The average Bonchev–Trinajstić information content (AvgIpc) is 2.34. The van der Waals surface area contributed by atoms with Crippen molar-refractivity contribution in [2.75, 3.05) is 0 Å². The lowest BCUT2D eigenvalue weighted by Crippen LogP contribution is -2.43. The summed E-state index contributed by atoms with van der Waals surface area (Å²) in [7, 11) is 0. The molecule has 2 atom stereocenters. The van der Waals surface area contributed by atoms with E-state index in [0.29, 0.717) is 18.0 Å². The number of carbonyl (C=O) groups is 1. The van der Waals surface area contributed by atoms with Crippen LogP contribution < -0.4 is 0 Å². The van der Waals surface area contributed by atoms with Crippen molar-refractivity contribution >= 4 is 5.91 Å². The maximum atomic E-state index is 11.3. The molecule has 2 fully saturated rings. The molecule has 1 amide bonds. The molecule has 0 aromatic carbocycles. The second-order valence-corrected chi connectivity index (χ2v) is 3.77. The van der Waals surface area contributed by atoms with E-state index in [1.54, 1.807) is 0 Å². The molecule has 2 rings (SSSR count). The van der Waals surface area contributed by atoms with Crippen LogP contribution in [0.2, 0.25) is 0 Å². The Bertz CT molecular complexity index is 178. The summed E-state index contributed by atoms with van der Waals surface area (Å²) < 4.78 is 0. The van der Waals surface area contributed by atoms with Crippen LogP contribution >= 0.6 is 0 Å². The number of fused-ring (bicyclic) bond motifs is 1. The molecule has 2 aliphatic rings. The van der Waals surface area contributed by atoms with Gasteiger partial charge in [0.25, 0.3) is 0 Å². The first-order valence-electron chi connectivity index (χ1n) is 4.60. The molecule has 2 saturated heterocycles. The van der Waals surface area contributed by atoms with Crippen molar-refractivity contribution in [3.63, 3.8) is 0 Å². The molecule has 0 saturated carbocycles. The van der Waals surface area contributed by atoms with Crippen molar-refractivity contribution in [3.8, 4) is 0 Å². The van der Waals surface area contributed by atoms with Gasteiger partial charge in [0.2, 0.25) is 5.91 Å². The molecule has 0 unspecified atom stereocenters. The number of hydrogen-bond donors (Lipinski definition) is 0. The van der Waals surface area contributed by atoms with Gasteiger partial charge in [-0.05, 0) is 32.6 Å². The monoisotopic (exact) mass is 153 g/mol. The van der Waals surface area contributed by atoms with Gasteiger partial charge < -0.3 is 4.90 Å². The molecule has 2 heterocycles. The summed E-state index contributed by atoms with van der Waals surface area (Å²) in [5.41, 5.74) is 0. The minimum absolute atomic E-state index is 0.391. The van der Waals surface area contributed by atoms with Crippen LogP contribution in [0.3, 0.4) is 0 Å². The minimum Gasteiger partial charge on any atom is -0.337 e. The van der Waals surface area contributed by atoms with Crippen LogP contribution in [-0.4, -0.2) is 22.9 Å². The predicted octanol–water partition coefficient (Wildman–Crippen LogP) is 1.55. The Morgan fingerprint density at radius 2 is 2.18 bits per heavy atom. The van der Waals surface area contributed by atoms with E-state index in [9.17, 15) is 4.79 Å². The third-order valence-electron chi connectivity index (χ3n) is 3.01. The summed E-state index contributed by atoms with van der Waals surface area (Å²) in [6.07, 6.45) is 5.69. The first-order valence-corrected chi connectivity index (χ1v) is 4.60. The lowest BCUT2D eigenvalue weighted by molar-refractivity contribution is -0.132. The minimum atomic E-state index is 0.391. The van der Waals surface area contributed by atoms with E-state index in [2.05, 4.69) is 11.8 Å². The molecule has 0 spiro atoms. The third-order valence-corrected chi connectivity index (χ3v) is 3.01. The number of nitrogens with zero attached hydrogens (tertiary/aromatic N) is 1. The van der Waals surface area contributed by atoms with Crippen LogP contribution in [0.25, 0.3) is 0 Å². The van der Waals surface area contributed by atoms with E-state index in [0.717, 1.165) is 12.8 Å². The standard InChI is InChI=1S/C9H15NO/c1-7-3-2-4-8-5-6-9(11)10(7)8/h7-8H,2-6H2,1H3/t7-,8-/m0/s1. The Morgan fingerprint density at radius 1 is 1.36 bits per heavy atom. The van der Waals surface area contributed by atoms with Gasteiger partial charge >= 0.3 is 0 Å². The lowest BCUT2D eigenvalue weighted by Gasteiger charge is -2.35. The summed E-state index contributed by atoms with van der Waals surface area (Å²) in [5, 5.41) is 0. The summed E-state index contributed by atoms with van der Waals surface area (Å²) in [6.45, 7) is 2.18. The van der Waals surface area contributed by atoms with E-state index >= 15 is 0 Å². The Morgan fingerprint density at radius 3 is 2.91 bits per heavy atom. The zero-order chi connectivity index (χ0) is 7.84. The maximum absolute atomic E-state index is 11.3. The Hall–Kier alpha value is -0.530. The first kappa shape index (κ1) is 7.14. The number of hydrogen-bond acceptors (Lipinski definition) is 1. The van der Waals surface area contributed by atoms with Gasteiger partial charge in [-0.2, -0.15) is 0 Å². The Balaban J connectivity index is 2.14. The zero-order valence-corrected chi connectivity index (χ0v) is 7.05. The van der Waals surface area contributed by atoms with Crippen LogP contribution in [0, 0.1) is 0 Å². The van der Waals surface area contributed by atoms with E-state index in [1.807, 2.05) is 0 Å². The van der Waals surface area contributed by atoms with Crippen molar-refractivity contribution in [1.29, 1.82) is 0 Å². The van der Waals surface area contributed by atoms with Gasteiger partial charge in [0.1, 0.15) is 0 Å². The maximum Gasteiger partial charge on any atom is 0.223 e. The van der Waals surface area contributed by atoms with Gasteiger partial charge in [-0.25, -0.2) is 0 Å². The summed E-state index contributed by atoms with van der Waals surface area (Å²) >= 11 is 0. The smallest absolute Gasteiger partial charge is 0.223 e. The van der Waals surface area contributed by atoms with Crippen molar-refractivity contribution in [2.45, 2.75) is 51.1 Å². The van der Waals surface area contributed by atoms with Gasteiger partial charge in [0, 0.05) is 18.5 Å². The van der Waals surface area contributed by atoms with E-state index in [-0.39, 0.29) is 0 Å². The van der Waals surface area contributed by atoms with Crippen molar-refractivity contribution < 1.29 is 4.79 Å². The molecule has 0 aromatic heterocycles. The molecule has 0 N–H and O–H groups in total. The fourth-order valence-electron chi connectivity index (χ4n) is 2.44. The summed E-state index contributed by atoms with van der Waals surface area (Å²) in [5.74, 6) is 0.391. The van der Waals surface area contributed by atoms with Crippen LogP contribution in [0.1, 0.15) is 39.0 Å². The van der Waals surface area contributed by atoms with E-state index < -0.39 is 0 Å². The highest BCUT2D eigenvalue weighted by molar-refractivity contribution is 5.79. The SMILES string of the molecule is C[C@H]1CCC[C@H]2CCC(=O)N21. The van der Waals surface area contributed by atoms with Crippen molar-refractivity contribution in [3.05, 3.63) is 0 Å². The molecule has 62 valence electrons. The molecule has 2 aliphatic heterocycles. The average molecular weight is 153 g/mol. The number of rotatable bonds is 0. The molecular formula is C9H15NO. The predicted molar refractivity (Wildman–Crippen MR) is 43.2 cm³/mol. The summed E-state index contributed by atoms with van der Waals surface area (Å²) in [4.78, 5) is 13.5. The second kappa shape index (κ2) is 2.50. The Labute approximate surface area is 67.6 Å². The van der Waals surface area contributed by atoms with Crippen LogP contribution in [0.4, 0.5) is 0 Å². The summed E-state index contributed by atoms with van der Waals surface area (Å²) in [6, 6.07) is 1.12. The number of carbonyl (C=O) groups excluding carboxylic acids is 1. The fraction of sp³-hybridized carbons (Fsp3) is 0.889. The highest BCUT2D eigenvalue weighted by atomic mass is 16.2. The van der Waals surface area contributed by atoms with Gasteiger partial charge in [-0.3, -0.25) is 4.79 Å². The van der Waals surface area contributed by atoms with Gasteiger partial charge in [-0.15, -0.1) is 0 Å². The second-order valence-electron chi connectivity index (χ2n) is 3.77. The van der Waals surface area contributed by atoms with Crippen LogP contribution in [0.5, 0.6) is 0 Å². The highest BCUT2D eigenvalue weighted by Gasteiger charge is 2.36. The largest absolute Gasteiger partial charge is 0.337 e. The third kappa shape index (κ3) is 1.05. The molecular weight excluding hydrogens is 138 g/mol. The van der Waals surface area contributed by atoms with E-state index in [1.165, 1.54) is 19.3 Å². The van der Waals surface area contributed by atoms with Gasteiger partial charge in [0.15, 0.2) is 0 Å². The zero-order valence-electron chi connectivity index (χ0n) is 7.05. The number of piperidine rings is 1. The van der Waals surface area contributed by atoms with Crippen LogP contribution in [0.15, 0.2) is 0 Å². The Kier molecular flexibility index (Phi) is 1.63. The quantitative estimate of drug-likeness (QED) is 0.517. The first-order chi connectivity index (χ1) is 5.29.